The van der Waals surface area contributed by atoms with E-state index in [9.17, 15) is 31.1 Å². The zero-order valence-electron chi connectivity index (χ0n) is 13.3. The minimum absolute atomic E-state index is 0.373. The first-order chi connectivity index (χ1) is 12.1. The van der Waals surface area contributed by atoms with E-state index in [1.165, 1.54) is 5.32 Å². The lowest BCUT2D eigenvalue weighted by molar-refractivity contribution is -0.188. The van der Waals surface area contributed by atoms with Crippen molar-refractivity contribution in [1.82, 2.24) is 10.8 Å². The van der Waals surface area contributed by atoms with Gasteiger partial charge in [0, 0.05) is 13.0 Å². The summed E-state index contributed by atoms with van der Waals surface area (Å²) < 4.78 is 83.8. The van der Waals surface area contributed by atoms with E-state index in [-0.39, 0.29) is 0 Å². The number of urea groups is 1. The van der Waals surface area contributed by atoms with Crippen LogP contribution in [0.2, 0.25) is 0 Å². The number of hydroxylamine groups is 1. The molecule has 146 valence electrons. The Morgan fingerprint density at radius 3 is 2.42 bits per heavy atom. The highest BCUT2D eigenvalue weighted by atomic mass is 19.4. The minimum Gasteiger partial charge on any atom is -0.350 e. The zero-order chi connectivity index (χ0) is 19.4. The van der Waals surface area contributed by atoms with E-state index < -0.39 is 41.8 Å². The zero-order valence-corrected chi connectivity index (χ0v) is 13.3. The van der Waals surface area contributed by atoms with Crippen LogP contribution in [0.15, 0.2) is 24.3 Å². The molecule has 5 nitrogen and oxygen atoms in total. The molecular weight excluding hydrogens is 370 g/mol. The molecule has 0 aromatic heterocycles. The second-order valence-electron chi connectivity index (χ2n) is 5.55. The summed E-state index contributed by atoms with van der Waals surface area (Å²) in [4.78, 5) is 16.5. The highest BCUT2D eigenvalue weighted by Crippen LogP contribution is 2.40. The van der Waals surface area contributed by atoms with Gasteiger partial charge in [0.25, 0.3) is 0 Å². The fourth-order valence-electron chi connectivity index (χ4n) is 2.43. The lowest BCUT2D eigenvalue weighted by Crippen LogP contribution is -2.45. The van der Waals surface area contributed by atoms with Crippen LogP contribution < -0.4 is 10.8 Å². The van der Waals surface area contributed by atoms with Crippen LogP contribution in [0, 0.1) is 0 Å². The quantitative estimate of drug-likeness (QED) is 0.606. The van der Waals surface area contributed by atoms with Crippen LogP contribution in [0.1, 0.15) is 36.4 Å². The predicted octanol–water partition coefficient (Wildman–Crippen LogP) is 4.07. The average molecular weight is 386 g/mol. The Labute approximate surface area is 144 Å². The normalized spacial score (nSPS) is 19.7. The number of hydrogen-bond acceptors (Lipinski definition) is 3. The van der Waals surface area contributed by atoms with Crippen molar-refractivity contribution >= 4 is 6.03 Å². The van der Waals surface area contributed by atoms with Crippen LogP contribution in [0.3, 0.4) is 0 Å². The van der Waals surface area contributed by atoms with Crippen LogP contribution in [0.25, 0.3) is 0 Å². The Morgan fingerprint density at radius 2 is 1.85 bits per heavy atom. The molecule has 1 aromatic rings. The number of nitrogens with one attached hydrogen (secondary N) is 2. The molecule has 0 spiro atoms. The number of halogens is 6. The summed E-state index contributed by atoms with van der Waals surface area (Å²) in [6, 6.07) is -1.14. The molecule has 1 heterocycles. The van der Waals surface area contributed by atoms with Crippen molar-refractivity contribution in [2.24, 2.45) is 0 Å². The predicted molar refractivity (Wildman–Crippen MR) is 76.6 cm³/mol. The minimum atomic E-state index is -5.15. The summed E-state index contributed by atoms with van der Waals surface area (Å²) in [7, 11) is 0. The Hall–Kier alpha value is -2.01. The van der Waals surface area contributed by atoms with E-state index in [1.807, 2.05) is 0 Å². The largest absolute Gasteiger partial charge is 0.416 e. The van der Waals surface area contributed by atoms with Crippen molar-refractivity contribution in [3.63, 3.8) is 0 Å². The molecule has 0 unspecified atom stereocenters. The number of alkyl halides is 6. The fourth-order valence-corrected chi connectivity index (χ4v) is 2.43. The molecule has 11 heteroatoms. The maximum absolute atomic E-state index is 13.3. The molecule has 0 aliphatic carbocycles. The van der Waals surface area contributed by atoms with E-state index in [1.54, 1.807) is 5.48 Å². The third-order valence-electron chi connectivity index (χ3n) is 3.60. The number of benzene rings is 1. The van der Waals surface area contributed by atoms with Crippen molar-refractivity contribution in [2.45, 2.75) is 43.9 Å². The number of carbonyl (C=O) groups excluding carboxylic acids is 1. The lowest BCUT2D eigenvalue weighted by Gasteiger charge is -2.26. The molecule has 0 saturated carbocycles. The highest BCUT2D eigenvalue weighted by molar-refractivity contribution is 5.73. The second-order valence-corrected chi connectivity index (χ2v) is 5.55. The molecule has 1 aliphatic heterocycles. The van der Waals surface area contributed by atoms with Crippen LogP contribution in [-0.2, 0) is 15.8 Å². The van der Waals surface area contributed by atoms with Crippen molar-refractivity contribution < 1.29 is 40.7 Å². The summed E-state index contributed by atoms with van der Waals surface area (Å²) >= 11 is 0. The lowest BCUT2D eigenvalue weighted by atomic mass is 9.99. The Bertz CT molecular complexity index is 614. The van der Waals surface area contributed by atoms with Gasteiger partial charge < -0.3 is 10.1 Å². The van der Waals surface area contributed by atoms with Crippen LogP contribution in [0.4, 0.5) is 31.1 Å². The van der Waals surface area contributed by atoms with E-state index in [0.717, 1.165) is 25.0 Å². The first-order valence-electron chi connectivity index (χ1n) is 7.65. The van der Waals surface area contributed by atoms with Gasteiger partial charge in [0.2, 0.25) is 0 Å². The molecule has 26 heavy (non-hydrogen) atoms. The Kier molecular flexibility index (Phi) is 6.34. The summed E-state index contributed by atoms with van der Waals surface area (Å²) in [5.41, 5.74) is -0.875. The van der Waals surface area contributed by atoms with Gasteiger partial charge in [-0.15, -0.1) is 0 Å². The molecule has 1 aliphatic rings. The highest BCUT2D eigenvalue weighted by Gasteiger charge is 2.46. The van der Waals surface area contributed by atoms with Gasteiger partial charge in [0.05, 0.1) is 5.56 Å². The number of ether oxygens (including phenoxy) is 1. The first kappa shape index (κ1) is 20.3. The van der Waals surface area contributed by atoms with Crippen molar-refractivity contribution in [1.29, 1.82) is 0 Å². The van der Waals surface area contributed by atoms with Gasteiger partial charge in [0.15, 0.2) is 12.3 Å². The molecule has 1 saturated heterocycles. The van der Waals surface area contributed by atoms with Gasteiger partial charge in [-0.2, -0.15) is 26.3 Å². The molecule has 1 fully saturated rings. The first-order valence-corrected chi connectivity index (χ1v) is 7.65. The number of rotatable bonds is 4. The number of carbonyl (C=O) groups is 1. The fraction of sp³-hybridized carbons (Fsp3) is 0.533. The van der Waals surface area contributed by atoms with Gasteiger partial charge in [-0.1, -0.05) is 18.2 Å². The van der Waals surface area contributed by atoms with Gasteiger partial charge in [-0.25, -0.2) is 15.1 Å². The third-order valence-corrected chi connectivity index (χ3v) is 3.60. The van der Waals surface area contributed by atoms with Gasteiger partial charge in [-0.05, 0) is 24.5 Å². The van der Waals surface area contributed by atoms with Crippen molar-refractivity contribution in [3.05, 3.63) is 35.4 Å². The van der Waals surface area contributed by atoms with E-state index >= 15 is 0 Å². The average Bonchev–Trinajstić information content (AvgIpc) is 2.57. The Morgan fingerprint density at radius 1 is 1.15 bits per heavy atom. The van der Waals surface area contributed by atoms with E-state index in [2.05, 4.69) is 0 Å². The Balaban J connectivity index is 2.12. The van der Waals surface area contributed by atoms with E-state index in [0.29, 0.717) is 25.2 Å². The smallest absolute Gasteiger partial charge is 0.350 e. The second kappa shape index (κ2) is 8.12. The summed E-state index contributed by atoms with van der Waals surface area (Å²) in [6.45, 7) is 0.373. The summed E-state index contributed by atoms with van der Waals surface area (Å²) in [5.74, 6) is 0. The maximum atomic E-state index is 13.3. The molecule has 2 N–H and O–H groups in total. The molecule has 0 radical (unpaired) electrons. The summed E-state index contributed by atoms with van der Waals surface area (Å²) in [5, 5.41) is 1.47. The molecule has 2 atom stereocenters. The SMILES string of the molecule is O=C(NO[C@@H]1CCCCO1)N[C@H](c1ccccc1C(F)(F)F)C(F)(F)F. The van der Waals surface area contributed by atoms with Gasteiger partial charge in [0.1, 0.15) is 0 Å². The third kappa shape index (κ3) is 5.49. The monoisotopic (exact) mass is 386 g/mol. The molecular formula is C15H16F6N2O3. The topological polar surface area (TPSA) is 59.6 Å². The van der Waals surface area contributed by atoms with E-state index in [4.69, 9.17) is 9.57 Å². The van der Waals surface area contributed by atoms with Gasteiger partial charge >= 0.3 is 18.4 Å². The van der Waals surface area contributed by atoms with Crippen molar-refractivity contribution in [3.8, 4) is 0 Å². The standard InChI is InChI=1S/C15H16F6N2O3/c16-14(17,18)10-6-2-1-5-9(10)12(15(19,20)21)22-13(24)23-26-11-7-3-4-8-25-11/h1-2,5-6,11-12H,3-4,7-8H2,(H2,22,23,24)/t11-,12-/m1/s1. The molecule has 2 amide bonds. The van der Waals surface area contributed by atoms with Crippen molar-refractivity contribution in [2.75, 3.05) is 6.61 Å². The summed E-state index contributed by atoms with van der Waals surface area (Å²) in [6.07, 6.45) is -9.01. The van der Waals surface area contributed by atoms with Crippen LogP contribution in [-0.4, -0.2) is 25.1 Å². The molecule has 1 aromatic carbocycles. The molecule has 0 bridgehead atoms. The van der Waals surface area contributed by atoms with Gasteiger partial charge in [-0.3, -0.25) is 0 Å². The van der Waals surface area contributed by atoms with Crippen LogP contribution in [0.5, 0.6) is 0 Å². The molecule has 2 rings (SSSR count). The number of amides is 2. The number of hydrogen-bond donors (Lipinski definition) is 2. The maximum Gasteiger partial charge on any atom is 0.416 e. The van der Waals surface area contributed by atoms with Crippen LogP contribution >= 0.6 is 0 Å².